The predicted octanol–water partition coefficient (Wildman–Crippen LogP) is 4.05. The van der Waals surface area contributed by atoms with Gasteiger partial charge < -0.3 is 9.80 Å². The number of piperidine rings is 1. The zero-order valence-corrected chi connectivity index (χ0v) is 15.9. The van der Waals surface area contributed by atoms with Gasteiger partial charge in [-0.1, -0.05) is 12.1 Å². The van der Waals surface area contributed by atoms with Gasteiger partial charge in [-0.2, -0.15) is 13.2 Å². The summed E-state index contributed by atoms with van der Waals surface area (Å²) in [4.78, 5) is 25.5. The van der Waals surface area contributed by atoms with Crippen LogP contribution in [-0.2, 0) is 6.18 Å². The van der Waals surface area contributed by atoms with E-state index in [-0.39, 0.29) is 11.7 Å². The average Bonchev–Trinajstić information content (AvgIpc) is 2.72. The van der Waals surface area contributed by atoms with E-state index in [1.807, 2.05) is 29.8 Å². The molecule has 1 unspecified atom stereocenters. The van der Waals surface area contributed by atoms with Gasteiger partial charge in [0.15, 0.2) is 5.78 Å². The van der Waals surface area contributed by atoms with Crippen LogP contribution >= 0.6 is 0 Å². The van der Waals surface area contributed by atoms with E-state index >= 15 is 0 Å². The van der Waals surface area contributed by atoms with E-state index in [1.54, 1.807) is 0 Å². The highest BCUT2D eigenvalue weighted by atomic mass is 19.4. The van der Waals surface area contributed by atoms with Gasteiger partial charge in [-0.3, -0.25) is 4.79 Å². The molecule has 0 amide bonds. The molecule has 1 aliphatic rings. The fraction of sp³-hybridized carbons (Fsp3) is 0.450. The van der Waals surface area contributed by atoms with Gasteiger partial charge in [0.05, 0.1) is 5.56 Å². The van der Waals surface area contributed by atoms with Crippen LogP contribution < -0.4 is 9.80 Å². The van der Waals surface area contributed by atoms with Crippen LogP contribution in [0.3, 0.4) is 0 Å². The largest absolute Gasteiger partial charge is 0.416 e. The normalized spacial score (nSPS) is 17.5. The molecule has 1 fully saturated rings. The van der Waals surface area contributed by atoms with E-state index < -0.39 is 11.7 Å². The summed E-state index contributed by atoms with van der Waals surface area (Å²) >= 11 is 0. The van der Waals surface area contributed by atoms with E-state index in [0.29, 0.717) is 18.5 Å². The average molecular weight is 392 g/mol. The van der Waals surface area contributed by atoms with Gasteiger partial charge in [0.1, 0.15) is 18.0 Å². The van der Waals surface area contributed by atoms with Crippen LogP contribution in [-0.4, -0.2) is 42.4 Å². The molecule has 1 aliphatic heterocycles. The Bertz CT molecular complexity index is 823. The summed E-state index contributed by atoms with van der Waals surface area (Å²) in [6.45, 7) is 4.11. The first kappa shape index (κ1) is 20.1. The van der Waals surface area contributed by atoms with Crippen molar-refractivity contribution in [3.05, 3.63) is 47.8 Å². The Morgan fingerprint density at radius 2 is 1.96 bits per heavy atom. The molecule has 2 heterocycles. The van der Waals surface area contributed by atoms with Crippen LogP contribution in [0.15, 0.2) is 36.7 Å². The summed E-state index contributed by atoms with van der Waals surface area (Å²) in [6, 6.07) is 6.36. The molecule has 0 aliphatic carbocycles. The molecule has 8 heteroatoms. The van der Waals surface area contributed by atoms with Crippen molar-refractivity contribution in [1.82, 2.24) is 9.97 Å². The quantitative estimate of drug-likeness (QED) is 0.719. The molecule has 28 heavy (non-hydrogen) atoms. The molecule has 1 aromatic heterocycles. The summed E-state index contributed by atoms with van der Waals surface area (Å²) < 4.78 is 38.2. The highest BCUT2D eigenvalue weighted by molar-refractivity contribution is 5.98. The molecule has 3 rings (SSSR count). The molecule has 150 valence electrons. The van der Waals surface area contributed by atoms with Gasteiger partial charge in [0, 0.05) is 44.2 Å². The number of carbonyl (C=O) groups is 1. The maximum atomic E-state index is 12.8. The summed E-state index contributed by atoms with van der Waals surface area (Å²) in [5, 5.41) is 0. The number of Topliss-reactive ketones (excluding diaryl/α,β-unsaturated/α-hetero) is 1. The molecular formula is C20H23F3N4O. The molecule has 1 saturated heterocycles. The topological polar surface area (TPSA) is 49.3 Å². The minimum atomic E-state index is -4.40. The fourth-order valence-electron chi connectivity index (χ4n) is 3.34. The highest BCUT2D eigenvalue weighted by Crippen LogP contribution is 2.30. The SMILES string of the molecule is CCN(C)c1cc(N2CCCC(C(=O)c3ccc(C(F)(F)F)cc3)C2)ncn1. The maximum Gasteiger partial charge on any atom is 0.416 e. The Labute approximate surface area is 162 Å². The van der Waals surface area contributed by atoms with Crippen LogP contribution in [0, 0.1) is 5.92 Å². The minimum absolute atomic E-state index is 0.126. The molecule has 2 aromatic rings. The van der Waals surface area contributed by atoms with Crippen LogP contribution in [0.2, 0.25) is 0 Å². The monoisotopic (exact) mass is 392 g/mol. The number of nitrogens with zero attached hydrogens (tertiary/aromatic N) is 4. The van der Waals surface area contributed by atoms with Crippen molar-refractivity contribution in [2.45, 2.75) is 25.9 Å². The number of hydrogen-bond donors (Lipinski definition) is 0. The number of halogens is 3. The first-order chi connectivity index (χ1) is 13.3. The lowest BCUT2D eigenvalue weighted by molar-refractivity contribution is -0.137. The summed E-state index contributed by atoms with van der Waals surface area (Å²) in [5.41, 5.74) is -0.433. The number of ketones is 1. The van der Waals surface area contributed by atoms with Crippen molar-refractivity contribution in [1.29, 1.82) is 0 Å². The fourth-order valence-corrected chi connectivity index (χ4v) is 3.34. The molecule has 0 bridgehead atoms. The van der Waals surface area contributed by atoms with Crippen molar-refractivity contribution >= 4 is 17.4 Å². The number of benzene rings is 1. The van der Waals surface area contributed by atoms with E-state index in [0.717, 1.165) is 43.3 Å². The molecule has 0 spiro atoms. The molecule has 1 aromatic carbocycles. The third-order valence-corrected chi connectivity index (χ3v) is 5.12. The Hall–Kier alpha value is -2.64. The van der Waals surface area contributed by atoms with Crippen molar-refractivity contribution in [2.75, 3.05) is 36.5 Å². The van der Waals surface area contributed by atoms with E-state index in [4.69, 9.17) is 0 Å². The van der Waals surface area contributed by atoms with Crippen LogP contribution in [0.25, 0.3) is 0 Å². The zero-order valence-electron chi connectivity index (χ0n) is 15.9. The number of anilines is 2. The van der Waals surface area contributed by atoms with Crippen LogP contribution in [0.5, 0.6) is 0 Å². The van der Waals surface area contributed by atoms with Crippen LogP contribution in [0.1, 0.15) is 35.7 Å². The summed E-state index contributed by atoms with van der Waals surface area (Å²) in [7, 11) is 1.94. The summed E-state index contributed by atoms with van der Waals surface area (Å²) in [5.74, 6) is 1.17. The summed E-state index contributed by atoms with van der Waals surface area (Å²) in [6.07, 6.45) is -1.36. The molecule has 0 radical (unpaired) electrons. The second-order valence-corrected chi connectivity index (χ2v) is 6.97. The number of aromatic nitrogens is 2. The first-order valence-electron chi connectivity index (χ1n) is 9.29. The van der Waals surface area contributed by atoms with Gasteiger partial charge >= 0.3 is 6.18 Å². The van der Waals surface area contributed by atoms with Gasteiger partial charge in [-0.25, -0.2) is 9.97 Å². The Morgan fingerprint density at radius 1 is 1.25 bits per heavy atom. The van der Waals surface area contributed by atoms with Gasteiger partial charge in [0.2, 0.25) is 0 Å². The highest BCUT2D eigenvalue weighted by Gasteiger charge is 2.31. The number of alkyl halides is 3. The molecule has 5 nitrogen and oxygen atoms in total. The van der Waals surface area contributed by atoms with Crippen molar-refractivity contribution in [3.63, 3.8) is 0 Å². The Morgan fingerprint density at radius 3 is 2.61 bits per heavy atom. The Balaban J connectivity index is 1.73. The van der Waals surface area contributed by atoms with E-state index in [2.05, 4.69) is 9.97 Å². The zero-order chi connectivity index (χ0) is 20.3. The number of rotatable bonds is 5. The lowest BCUT2D eigenvalue weighted by Gasteiger charge is -2.33. The second kappa shape index (κ2) is 8.16. The third-order valence-electron chi connectivity index (χ3n) is 5.12. The van der Waals surface area contributed by atoms with Crippen molar-refractivity contribution in [3.8, 4) is 0 Å². The molecular weight excluding hydrogens is 369 g/mol. The minimum Gasteiger partial charge on any atom is -0.360 e. The molecule has 1 atom stereocenters. The van der Waals surface area contributed by atoms with Crippen molar-refractivity contribution in [2.24, 2.45) is 5.92 Å². The van der Waals surface area contributed by atoms with Crippen LogP contribution in [0.4, 0.5) is 24.8 Å². The lowest BCUT2D eigenvalue weighted by Crippen LogP contribution is -2.39. The van der Waals surface area contributed by atoms with Crippen molar-refractivity contribution < 1.29 is 18.0 Å². The standard InChI is InChI=1S/C20H23F3N4O/c1-3-26(2)17-11-18(25-13-24-17)27-10-4-5-15(12-27)19(28)14-6-8-16(9-7-14)20(21,22)23/h6-9,11,13,15H,3-5,10,12H2,1-2H3. The maximum absolute atomic E-state index is 12.8. The van der Waals surface area contributed by atoms with E-state index in [9.17, 15) is 18.0 Å². The van der Waals surface area contributed by atoms with Gasteiger partial charge in [-0.15, -0.1) is 0 Å². The second-order valence-electron chi connectivity index (χ2n) is 6.97. The predicted molar refractivity (Wildman–Crippen MR) is 102 cm³/mol. The third kappa shape index (κ3) is 4.43. The van der Waals surface area contributed by atoms with Gasteiger partial charge in [0.25, 0.3) is 0 Å². The lowest BCUT2D eigenvalue weighted by atomic mass is 9.89. The number of hydrogen-bond acceptors (Lipinski definition) is 5. The van der Waals surface area contributed by atoms with E-state index in [1.165, 1.54) is 18.5 Å². The first-order valence-corrected chi connectivity index (χ1v) is 9.29. The molecule has 0 N–H and O–H groups in total. The smallest absolute Gasteiger partial charge is 0.360 e. The van der Waals surface area contributed by atoms with Gasteiger partial charge in [-0.05, 0) is 31.9 Å². The number of carbonyl (C=O) groups excluding carboxylic acids is 1. The Kier molecular flexibility index (Phi) is 5.86. The molecule has 0 saturated carbocycles.